The van der Waals surface area contributed by atoms with Gasteiger partial charge in [-0.2, -0.15) is 0 Å². The van der Waals surface area contributed by atoms with Crippen LogP contribution >= 0.6 is 22.6 Å². The summed E-state index contributed by atoms with van der Waals surface area (Å²) in [5, 5.41) is 0.767. The molecular weight excluding hydrogens is 602 g/mol. The Kier molecular flexibility index (Phi) is 7.45. The number of nitrogens with zero attached hydrogens (tertiary/aromatic N) is 3. The zero-order chi connectivity index (χ0) is 26.0. The maximum Gasteiger partial charge on any atom is 0.264 e. The van der Waals surface area contributed by atoms with Crippen molar-refractivity contribution in [2.75, 3.05) is 30.9 Å². The number of pyridine rings is 1. The third-order valence-corrected chi connectivity index (χ3v) is 8.79. The zero-order valence-electron chi connectivity index (χ0n) is 20.1. The number of fused-ring (bicyclic) bond motifs is 1. The molecule has 1 aromatic heterocycles. The lowest BCUT2D eigenvalue weighted by Gasteiger charge is -2.37. The highest BCUT2D eigenvalue weighted by atomic mass is 127. The van der Waals surface area contributed by atoms with Gasteiger partial charge in [-0.1, -0.05) is 43.0 Å². The van der Waals surface area contributed by atoms with Crippen LogP contribution in [0.25, 0.3) is 16.6 Å². The van der Waals surface area contributed by atoms with E-state index in [-0.39, 0.29) is 10.7 Å². The fourth-order valence-electron chi connectivity index (χ4n) is 4.49. The lowest BCUT2D eigenvalue weighted by atomic mass is 10.1. The number of sulfonamides is 1. The smallest absolute Gasteiger partial charge is 0.264 e. The van der Waals surface area contributed by atoms with Crippen LogP contribution in [0.3, 0.4) is 0 Å². The van der Waals surface area contributed by atoms with Crippen molar-refractivity contribution in [1.82, 2.24) is 14.8 Å². The van der Waals surface area contributed by atoms with Crippen molar-refractivity contribution in [1.29, 1.82) is 0 Å². The Morgan fingerprint density at radius 2 is 1.73 bits per heavy atom. The first-order valence-corrected chi connectivity index (χ1v) is 14.4. The van der Waals surface area contributed by atoms with Gasteiger partial charge in [-0.25, -0.2) is 12.8 Å². The van der Waals surface area contributed by atoms with Crippen molar-refractivity contribution in [3.63, 3.8) is 0 Å². The summed E-state index contributed by atoms with van der Waals surface area (Å²) in [4.78, 5) is 8.94. The minimum atomic E-state index is -3.81. The van der Waals surface area contributed by atoms with E-state index in [1.165, 1.54) is 0 Å². The third-order valence-electron chi connectivity index (χ3n) is 6.50. The second-order valence-electron chi connectivity index (χ2n) is 8.97. The quantitative estimate of drug-likeness (QED) is 0.272. The molecule has 3 aromatic carbocycles. The first kappa shape index (κ1) is 25.6. The molecule has 1 aliphatic rings. The summed E-state index contributed by atoms with van der Waals surface area (Å²) in [7, 11) is -3.81. The van der Waals surface area contributed by atoms with Crippen molar-refractivity contribution in [3.05, 3.63) is 106 Å². The normalized spacial score (nSPS) is 14.6. The number of para-hydroxylation sites is 1. The average molecular weight is 629 g/mol. The molecule has 37 heavy (non-hydrogen) atoms. The minimum Gasteiger partial charge on any atom is -0.369 e. The lowest BCUT2D eigenvalue weighted by molar-refractivity contribution is 0.169. The number of hydrogen-bond acceptors (Lipinski definition) is 5. The average Bonchev–Trinajstić information content (AvgIpc) is 2.91. The fourth-order valence-corrected chi connectivity index (χ4v) is 6.06. The number of rotatable bonds is 7. The van der Waals surface area contributed by atoms with Gasteiger partial charge in [0, 0.05) is 59.3 Å². The van der Waals surface area contributed by atoms with E-state index in [9.17, 15) is 12.8 Å². The Morgan fingerprint density at radius 1 is 1.00 bits per heavy atom. The van der Waals surface area contributed by atoms with Gasteiger partial charge in [0.25, 0.3) is 10.0 Å². The standard InChI is InChI=1S/C28H26FIN4O2S/c1-20(34-16-14-33(15-17-34)19-21-7-12-26(30)25(29)18-21)22-8-10-24(11-9-22)32-37(35,36)27-6-2-4-23-5-3-13-31-28(23)27/h2-13,18,32H,1,14-17,19H2. The molecule has 0 saturated carbocycles. The van der Waals surface area contributed by atoms with Crippen LogP contribution in [0, 0.1) is 9.39 Å². The molecule has 2 heterocycles. The lowest BCUT2D eigenvalue weighted by Crippen LogP contribution is -2.44. The summed E-state index contributed by atoms with van der Waals surface area (Å²) in [6, 6.07) is 21.4. The van der Waals surface area contributed by atoms with Crippen LogP contribution in [0.2, 0.25) is 0 Å². The van der Waals surface area contributed by atoms with Crippen LogP contribution in [0.15, 0.2) is 90.5 Å². The van der Waals surface area contributed by atoms with E-state index >= 15 is 0 Å². The minimum absolute atomic E-state index is 0.143. The van der Waals surface area contributed by atoms with E-state index in [1.54, 1.807) is 42.6 Å². The van der Waals surface area contributed by atoms with Gasteiger partial charge in [-0.05, 0) is 70.1 Å². The predicted molar refractivity (Wildman–Crippen MR) is 154 cm³/mol. The first-order chi connectivity index (χ1) is 17.8. The Bertz CT molecular complexity index is 1550. The van der Waals surface area contributed by atoms with Crippen LogP contribution < -0.4 is 4.72 Å². The Labute approximate surface area is 230 Å². The van der Waals surface area contributed by atoms with Gasteiger partial charge in [0.05, 0.1) is 5.52 Å². The highest BCUT2D eigenvalue weighted by molar-refractivity contribution is 14.1. The van der Waals surface area contributed by atoms with Gasteiger partial charge in [-0.3, -0.25) is 14.6 Å². The molecule has 9 heteroatoms. The van der Waals surface area contributed by atoms with Gasteiger partial charge < -0.3 is 4.90 Å². The monoisotopic (exact) mass is 628 g/mol. The van der Waals surface area contributed by atoms with E-state index in [0.717, 1.165) is 54.9 Å². The third kappa shape index (κ3) is 5.78. The zero-order valence-corrected chi connectivity index (χ0v) is 23.0. The number of aromatic nitrogens is 1. The highest BCUT2D eigenvalue weighted by Crippen LogP contribution is 2.26. The summed E-state index contributed by atoms with van der Waals surface area (Å²) < 4.78 is 43.3. The molecule has 190 valence electrons. The Balaban J connectivity index is 1.21. The molecule has 0 unspecified atom stereocenters. The van der Waals surface area contributed by atoms with E-state index in [1.807, 2.05) is 59.0 Å². The van der Waals surface area contributed by atoms with Crippen molar-refractivity contribution in [2.45, 2.75) is 11.4 Å². The van der Waals surface area contributed by atoms with E-state index in [4.69, 9.17) is 0 Å². The van der Waals surface area contributed by atoms with E-state index < -0.39 is 10.0 Å². The molecule has 0 amide bonds. The molecule has 5 rings (SSSR count). The molecule has 1 aliphatic heterocycles. The predicted octanol–water partition coefficient (Wildman–Crippen LogP) is 5.57. The summed E-state index contributed by atoms with van der Waals surface area (Å²) in [5.74, 6) is -0.176. The van der Waals surface area contributed by atoms with E-state index in [2.05, 4.69) is 26.1 Å². The molecule has 0 atom stereocenters. The number of anilines is 1. The number of halogens is 2. The SMILES string of the molecule is C=C(c1ccc(NS(=O)(=O)c2cccc3cccnc23)cc1)N1CCN(Cc2ccc(I)c(F)c2)CC1. The van der Waals surface area contributed by atoms with Gasteiger partial charge in [0.2, 0.25) is 0 Å². The molecule has 1 N–H and O–H groups in total. The van der Waals surface area contributed by atoms with Gasteiger partial charge in [-0.15, -0.1) is 0 Å². The number of nitrogens with one attached hydrogen (secondary N) is 1. The second kappa shape index (κ2) is 10.8. The van der Waals surface area contributed by atoms with Gasteiger partial charge in [0.1, 0.15) is 10.7 Å². The summed E-state index contributed by atoms with van der Waals surface area (Å²) in [5.41, 5.74) is 3.71. The van der Waals surface area contributed by atoms with E-state index in [0.29, 0.717) is 14.8 Å². The molecule has 6 nitrogen and oxygen atoms in total. The Morgan fingerprint density at radius 3 is 2.46 bits per heavy atom. The fraction of sp³-hybridized carbons (Fsp3) is 0.179. The van der Waals surface area contributed by atoms with Crippen LogP contribution in [-0.2, 0) is 16.6 Å². The van der Waals surface area contributed by atoms with Crippen molar-refractivity contribution < 1.29 is 12.8 Å². The molecule has 1 saturated heterocycles. The highest BCUT2D eigenvalue weighted by Gasteiger charge is 2.21. The Hall–Kier alpha value is -3.02. The van der Waals surface area contributed by atoms with Crippen molar-refractivity contribution in [2.24, 2.45) is 0 Å². The topological polar surface area (TPSA) is 65.5 Å². The largest absolute Gasteiger partial charge is 0.369 e. The molecule has 0 spiro atoms. The van der Waals surface area contributed by atoms with Crippen LogP contribution in [0.4, 0.5) is 10.1 Å². The molecule has 4 aromatic rings. The summed E-state index contributed by atoms with van der Waals surface area (Å²) in [6.45, 7) is 8.32. The second-order valence-corrected chi connectivity index (χ2v) is 11.8. The van der Waals surface area contributed by atoms with Crippen LogP contribution in [-0.4, -0.2) is 49.4 Å². The summed E-state index contributed by atoms with van der Waals surface area (Å²) >= 11 is 2.00. The molecular formula is C28H26FIN4O2S. The molecule has 0 bridgehead atoms. The maximum atomic E-state index is 13.9. The van der Waals surface area contributed by atoms with Crippen molar-refractivity contribution >= 4 is 54.9 Å². The van der Waals surface area contributed by atoms with Crippen molar-refractivity contribution in [3.8, 4) is 0 Å². The first-order valence-electron chi connectivity index (χ1n) is 11.9. The molecule has 1 fully saturated rings. The van der Waals surface area contributed by atoms with Crippen LogP contribution in [0.5, 0.6) is 0 Å². The summed E-state index contributed by atoms with van der Waals surface area (Å²) in [6.07, 6.45) is 1.59. The van der Waals surface area contributed by atoms with Crippen LogP contribution in [0.1, 0.15) is 11.1 Å². The number of piperazine rings is 1. The molecule has 0 radical (unpaired) electrons. The number of hydrogen-bond donors (Lipinski definition) is 1. The van der Waals surface area contributed by atoms with Gasteiger partial charge >= 0.3 is 0 Å². The number of benzene rings is 3. The molecule has 0 aliphatic carbocycles. The maximum absolute atomic E-state index is 13.9. The van der Waals surface area contributed by atoms with Gasteiger partial charge in [0.15, 0.2) is 0 Å².